The molecule has 2 aromatic carbocycles. The lowest BCUT2D eigenvalue weighted by Crippen LogP contribution is -2.44. The lowest BCUT2D eigenvalue weighted by Gasteiger charge is -2.34. The Hall–Kier alpha value is -2.73. The average Bonchev–Trinajstić information content (AvgIpc) is 2.69. The summed E-state index contributed by atoms with van der Waals surface area (Å²) < 4.78 is 5.78. The summed E-state index contributed by atoms with van der Waals surface area (Å²) in [5, 5.41) is 5.67. The Bertz CT molecular complexity index is 782. The topological polar surface area (TPSA) is 56.8 Å². The minimum absolute atomic E-state index is 0.288. The predicted molar refractivity (Wildman–Crippen MR) is 119 cm³/mol. The molecule has 0 saturated carbocycles. The summed E-state index contributed by atoms with van der Waals surface area (Å²) in [7, 11) is 2.15. The lowest BCUT2D eigenvalue weighted by atomic mass is 10.0. The number of piperazine rings is 1. The van der Waals surface area contributed by atoms with Gasteiger partial charge in [-0.05, 0) is 61.9 Å². The number of likely N-dealkylation sites (N-methyl/N-ethyl adjacent to an activating group) is 1. The standard InChI is InChI=1S/C23H32N4O2/c1-17(2)19-5-11-22(12-6-19)29-18(3)24-23(28)25-20-7-9-21(10-8-20)27-15-13-26(4)14-16-27/h5-12,17-18H,13-16H2,1-4H3,(H2,24,25,28). The quantitative estimate of drug-likeness (QED) is 0.722. The number of ether oxygens (including phenoxy) is 1. The molecule has 1 aliphatic rings. The molecule has 6 nitrogen and oxygen atoms in total. The number of hydrogen-bond donors (Lipinski definition) is 2. The molecule has 6 heteroatoms. The Labute approximate surface area is 173 Å². The van der Waals surface area contributed by atoms with Crippen molar-refractivity contribution < 1.29 is 9.53 Å². The Balaban J connectivity index is 1.47. The number of carbonyl (C=O) groups excluding carboxylic acids is 1. The summed E-state index contributed by atoms with van der Waals surface area (Å²) in [6.45, 7) is 10.3. The molecule has 1 unspecified atom stereocenters. The Kier molecular flexibility index (Phi) is 6.99. The third-order valence-electron chi connectivity index (χ3n) is 5.19. The van der Waals surface area contributed by atoms with Gasteiger partial charge in [-0.25, -0.2) is 4.79 Å². The zero-order chi connectivity index (χ0) is 20.8. The average molecular weight is 397 g/mol. The number of hydrogen-bond acceptors (Lipinski definition) is 4. The monoisotopic (exact) mass is 396 g/mol. The Morgan fingerprint density at radius 1 is 0.931 bits per heavy atom. The van der Waals surface area contributed by atoms with Gasteiger partial charge in [-0.15, -0.1) is 0 Å². The molecule has 0 bridgehead atoms. The highest BCUT2D eigenvalue weighted by atomic mass is 16.5. The molecule has 1 saturated heterocycles. The van der Waals surface area contributed by atoms with Gasteiger partial charge >= 0.3 is 6.03 Å². The number of nitrogens with one attached hydrogen (secondary N) is 2. The van der Waals surface area contributed by atoms with E-state index in [1.54, 1.807) is 0 Å². The van der Waals surface area contributed by atoms with Gasteiger partial charge < -0.3 is 25.2 Å². The minimum atomic E-state index is -0.440. The molecule has 0 spiro atoms. The minimum Gasteiger partial charge on any atom is -0.471 e. The van der Waals surface area contributed by atoms with Crippen molar-refractivity contribution in [1.82, 2.24) is 10.2 Å². The van der Waals surface area contributed by atoms with Gasteiger partial charge in [0, 0.05) is 37.6 Å². The lowest BCUT2D eigenvalue weighted by molar-refractivity contribution is 0.183. The molecule has 1 heterocycles. The largest absolute Gasteiger partial charge is 0.471 e. The van der Waals surface area contributed by atoms with Crippen molar-refractivity contribution in [2.75, 3.05) is 43.4 Å². The summed E-state index contributed by atoms with van der Waals surface area (Å²) in [5.41, 5.74) is 3.20. The van der Waals surface area contributed by atoms with Crippen LogP contribution in [0.4, 0.5) is 16.2 Å². The number of carbonyl (C=O) groups is 1. The summed E-state index contributed by atoms with van der Waals surface area (Å²) in [4.78, 5) is 17.0. The van der Waals surface area contributed by atoms with Gasteiger partial charge in [-0.1, -0.05) is 26.0 Å². The Morgan fingerprint density at radius 2 is 1.55 bits per heavy atom. The van der Waals surface area contributed by atoms with Crippen molar-refractivity contribution in [1.29, 1.82) is 0 Å². The number of nitrogens with zero attached hydrogens (tertiary/aromatic N) is 2. The van der Waals surface area contributed by atoms with Gasteiger partial charge in [0.2, 0.25) is 0 Å². The van der Waals surface area contributed by atoms with Crippen LogP contribution in [0.5, 0.6) is 5.75 Å². The van der Waals surface area contributed by atoms with Gasteiger partial charge in [-0.2, -0.15) is 0 Å². The molecular weight excluding hydrogens is 364 g/mol. The van der Waals surface area contributed by atoms with Crippen molar-refractivity contribution in [3.63, 3.8) is 0 Å². The first-order chi connectivity index (χ1) is 13.9. The summed E-state index contributed by atoms with van der Waals surface area (Å²) >= 11 is 0. The van der Waals surface area contributed by atoms with Crippen LogP contribution < -0.4 is 20.3 Å². The Morgan fingerprint density at radius 3 is 2.14 bits per heavy atom. The van der Waals surface area contributed by atoms with Crippen LogP contribution in [-0.4, -0.2) is 50.4 Å². The number of amides is 2. The molecule has 0 aromatic heterocycles. The van der Waals surface area contributed by atoms with Crippen molar-refractivity contribution in [3.8, 4) is 5.75 Å². The van der Waals surface area contributed by atoms with Crippen molar-refractivity contribution in [2.45, 2.75) is 32.9 Å². The van der Waals surface area contributed by atoms with E-state index < -0.39 is 6.23 Å². The highest BCUT2D eigenvalue weighted by molar-refractivity contribution is 5.89. The third kappa shape index (κ3) is 6.12. The van der Waals surface area contributed by atoms with Crippen molar-refractivity contribution >= 4 is 17.4 Å². The molecule has 1 fully saturated rings. The van der Waals surface area contributed by atoms with Gasteiger partial charge in [0.1, 0.15) is 5.75 Å². The van der Waals surface area contributed by atoms with E-state index >= 15 is 0 Å². The van der Waals surface area contributed by atoms with Crippen molar-refractivity contribution in [2.24, 2.45) is 0 Å². The predicted octanol–water partition coefficient (Wildman–Crippen LogP) is 4.11. The van der Waals surface area contributed by atoms with E-state index in [4.69, 9.17) is 4.74 Å². The summed E-state index contributed by atoms with van der Waals surface area (Å²) in [6, 6.07) is 15.7. The molecule has 0 radical (unpaired) electrons. The molecule has 1 aliphatic heterocycles. The number of anilines is 2. The van der Waals surface area contributed by atoms with Gasteiger partial charge in [0.15, 0.2) is 6.23 Å². The first-order valence-corrected chi connectivity index (χ1v) is 10.3. The van der Waals surface area contributed by atoms with E-state index in [0.29, 0.717) is 5.92 Å². The number of urea groups is 1. The van der Waals surface area contributed by atoms with Gasteiger partial charge in [0.25, 0.3) is 0 Å². The van der Waals surface area contributed by atoms with E-state index in [9.17, 15) is 4.79 Å². The van der Waals surface area contributed by atoms with Crippen LogP contribution in [0.3, 0.4) is 0 Å². The smallest absolute Gasteiger partial charge is 0.322 e. The maximum Gasteiger partial charge on any atom is 0.322 e. The summed E-state index contributed by atoms with van der Waals surface area (Å²) in [6.07, 6.45) is -0.440. The van der Waals surface area contributed by atoms with Crippen LogP contribution in [-0.2, 0) is 0 Å². The fourth-order valence-electron chi connectivity index (χ4n) is 3.34. The SMILES string of the molecule is CC(NC(=O)Nc1ccc(N2CCN(C)CC2)cc1)Oc1ccc(C(C)C)cc1. The molecule has 0 aliphatic carbocycles. The van der Waals surface area contributed by atoms with E-state index in [1.807, 2.05) is 31.2 Å². The first kappa shape index (κ1) is 21.0. The molecule has 2 amide bonds. The molecule has 2 N–H and O–H groups in total. The van der Waals surface area contributed by atoms with Crippen LogP contribution >= 0.6 is 0 Å². The second-order valence-corrected chi connectivity index (χ2v) is 7.92. The molecule has 29 heavy (non-hydrogen) atoms. The van der Waals surface area contributed by atoms with Gasteiger partial charge in [-0.3, -0.25) is 0 Å². The highest BCUT2D eigenvalue weighted by Crippen LogP contribution is 2.20. The molecule has 156 valence electrons. The van der Waals surface area contributed by atoms with E-state index in [0.717, 1.165) is 37.6 Å². The van der Waals surface area contributed by atoms with E-state index in [-0.39, 0.29) is 6.03 Å². The number of benzene rings is 2. The second kappa shape index (κ2) is 9.65. The van der Waals surface area contributed by atoms with E-state index in [1.165, 1.54) is 11.3 Å². The normalized spacial score (nSPS) is 15.8. The molecular formula is C23H32N4O2. The zero-order valence-corrected chi connectivity index (χ0v) is 17.8. The summed E-state index contributed by atoms with van der Waals surface area (Å²) in [5.74, 6) is 1.21. The first-order valence-electron chi connectivity index (χ1n) is 10.3. The maximum absolute atomic E-state index is 12.3. The maximum atomic E-state index is 12.3. The van der Waals surface area contributed by atoms with Crippen LogP contribution in [0.25, 0.3) is 0 Å². The van der Waals surface area contributed by atoms with Crippen LogP contribution in [0.15, 0.2) is 48.5 Å². The fourth-order valence-corrected chi connectivity index (χ4v) is 3.34. The van der Waals surface area contributed by atoms with Crippen LogP contribution in [0, 0.1) is 0 Å². The van der Waals surface area contributed by atoms with Gasteiger partial charge in [0.05, 0.1) is 0 Å². The van der Waals surface area contributed by atoms with Crippen molar-refractivity contribution in [3.05, 3.63) is 54.1 Å². The number of rotatable bonds is 6. The third-order valence-corrected chi connectivity index (χ3v) is 5.19. The van der Waals surface area contributed by atoms with E-state index in [2.05, 4.69) is 65.6 Å². The fraction of sp³-hybridized carbons (Fsp3) is 0.435. The van der Waals surface area contributed by atoms with Crippen LogP contribution in [0.2, 0.25) is 0 Å². The highest BCUT2D eigenvalue weighted by Gasteiger charge is 2.14. The second-order valence-electron chi connectivity index (χ2n) is 7.92. The van der Waals surface area contributed by atoms with Crippen LogP contribution in [0.1, 0.15) is 32.3 Å². The molecule has 1 atom stereocenters. The molecule has 3 rings (SSSR count). The molecule has 2 aromatic rings. The zero-order valence-electron chi connectivity index (χ0n) is 17.8.